The highest BCUT2D eigenvalue weighted by molar-refractivity contribution is 7.99. The summed E-state index contributed by atoms with van der Waals surface area (Å²) in [5.74, 6) is 1.93. The maximum atomic E-state index is 12.1. The van der Waals surface area contributed by atoms with Crippen LogP contribution in [0, 0.1) is 13.8 Å². The lowest BCUT2D eigenvalue weighted by Gasteiger charge is -2.22. The highest BCUT2D eigenvalue weighted by Gasteiger charge is 2.16. The fourth-order valence-electron chi connectivity index (χ4n) is 3.37. The number of aryl methyl sites for hydroxylation is 2. The van der Waals surface area contributed by atoms with Crippen molar-refractivity contribution in [2.24, 2.45) is 0 Å². The van der Waals surface area contributed by atoms with Crippen LogP contribution in [0.2, 0.25) is 0 Å². The maximum Gasteiger partial charge on any atom is 0.220 e. The van der Waals surface area contributed by atoms with Crippen molar-refractivity contribution in [3.8, 4) is 5.69 Å². The third-order valence-corrected chi connectivity index (χ3v) is 5.85. The Hall–Kier alpha value is -1.82. The van der Waals surface area contributed by atoms with Gasteiger partial charge < -0.3 is 5.32 Å². The van der Waals surface area contributed by atoms with Crippen molar-refractivity contribution in [1.29, 1.82) is 0 Å². The lowest BCUT2D eigenvalue weighted by Crippen LogP contribution is -2.36. The number of benzene rings is 1. The van der Waals surface area contributed by atoms with Gasteiger partial charge in [0, 0.05) is 23.9 Å². The van der Waals surface area contributed by atoms with E-state index in [1.807, 2.05) is 6.92 Å². The molecule has 1 aromatic heterocycles. The summed E-state index contributed by atoms with van der Waals surface area (Å²) in [5.41, 5.74) is 2.31. The third-order valence-electron chi connectivity index (χ3n) is 4.84. The summed E-state index contributed by atoms with van der Waals surface area (Å²) in [7, 11) is 0. The zero-order valence-electron chi connectivity index (χ0n) is 15.7. The number of rotatable bonds is 7. The molecule has 0 saturated heterocycles. The minimum absolute atomic E-state index is 0.189. The van der Waals surface area contributed by atoms with Crippen LogP contribution < -0.4 is 5.32 Å². The number of nitrogens with one attached hydrogen (secondary N) is 1. The second-order valence-corrected chi connectivity index (χ2v) is 8.12. The molecule has 3 rings (SSSR count). The number of thioether (sulfide) groups is 1. The summed E-state index contributed by atoms with van der Waals surface area (Å²) in [5, 5.41) is 12.6. The van der Waals surface area contributed by atoms with Gasteiger partial charge in [0.05, 0.1) is 0 Å². The summed E-state index contributed by atoms with van der Waals surface area (Å²) < 4.78 is 2.08. The van der Waals surface area contributed by atoms with Gasteiger partial charge in [-0.15, -0.1) is 10.2 Å². The molecule has 1 N–H and O–H groups in total. The van der Waals surface area contributed by atoms with E-state index in [1.165, 1.54) is 24.8 Å². The Bertz CT molecular complexity index is 720. The van der Waals surface area contributed by atoms with Crippen LogP contribution in [0.25, 0.3) is 5.69 Å². The number of amides is 1. The van der Waals surface area contributed by atoms with Crippen molar-refractivity contribution in [3.63, 3.8) is 0 Å². The van der Waals surface area contributed by atoms with Crippen molar-refractivity contribution in [2.45, 2.75) is 70.0 Å². The van der Waals surface area contributed by atoms with Crippen molar-refractivity contribution < 1.29 is 4.79 Å². The molecule has 0 radical (unpaired) electrons. The number of hydrogen-bond acceptors (Lipinski definition) is 4. The van der Waals surface area contributed by atoms with E-state index in [0.29, 0.717) is 12.5 Å². The summed E-state index contributed by atoms with van der Waals surface area (Å²) in [6, 6.07) is 8.77. The predicted molar refractivity (Wildman–Crippen MR) is 106 cm³/mol. The standard InChI is InChI=1S/C20H28N4OS/c1-15-10-12-18(13-11-15)24-16(2)22-23-20(24)26-14-6-9-19(25)21-17-7-4-3-5-8-17/h10-13,17H,3-9,14H2,1-2H3,(H,21,25). The molecule has 5 nitrogen and oxygen atoms in total. The molecule has 140 valence electrons. The van der Waals surface area contributed by atoms with Gasteiger partial charge in [-0.3, -0.25) is 9.36 Å². The van der Waals surface area contributed by atoms with Crippen molar-refractivity contribution in [1.82, 2.24) is 20.1 Å². The SMILES string of the molecule is Cc1ccc(-n2c(C)nnc2SCCCC(=O)NC2CCCCC2)cc1. The van der Waals surface area contributed by atoms with Crippen LogP contribution >= 0.6 is 11.8 Å². The Morgan fingerprint density at radius 3 is 2.62 bits per heavy atom. The predicted octanol–water partition coefficient (Wildman–Crippen LogP) is 4.21. The molecule has 1 aliphatic rings. The van der Waals surface area contributed by atoms with E-state index in [4.69, 9.17) is 0 Å². The lowest BCUT2D eigenvalue weighted by atomic mass is 9.95. The topological polar surface area (TPSA) is 59.8 Å². The smallest absolute Gasteiger partial charge is 0.220 e. The molecule has 0 spiro atoms. The quantitative estimate of drug-likeness (QED) is 0.584. The van der Waals surface area contributed by atoms with Crippen molar-refractivity contribution >= 4 is 17.7 Å². The molecule has 26 heavy (non-hydrogen) atoms. The van der Waals surface area contributed by atoms with Gasteiger partial charge in [-0.25, -0.2) is 0 Å². The average molecular weight is 373 g/mol. The molecular weight excluding hydrogens is 344 g/mol. The first-order chi connectivity index (χ1) is 12.6. The van der Waals surface area contributed by atoms with Crippen LogP contribution in [-0.4, -0.2) is 32.5 Å². The molecule has 0 atom stereocenters. The summed E-state index contributed by atoms with van der Waals surface area (Å²) >= 11 is 1.66. The molecule has 6 heteroatoms. The number of hydrogen-bond donors (Lipinski definition) is 1. The Morgan fingerprint density at radius 1 is 1.15 bits per heavy atom. The summed E-state index contributed by atoms with van der Waals surface area (Å²) in [4.78, 5) is 12.1. The molecule has 1 aromatic carbocycles. The normalized spacial score (nSPS) is 15.2. The van der Waals surface area contributed by atoms with Gasteiger partial charge in [0.2, 0.25) is 5.91 Å². The van der Waals surface area contributed by atoms with Gasteiger partial charge in [0.1, 0.15) is 5.82 Å². The minimum Gasteiger partial charge on any atom is -0.353 e. The van der Waals surface area contributed by atoms with E-state index in [2.05, 4.69) is 51.3 Å². The zero-order valence-corrected chi connectivity index (χ0v) is 16.5. The minimum atomic E-state index is 0.189. The van der Waals surface area contributed by atoms with Gasteiger partial charge in [-0.05, 0) is 45.2 Å². The van der Waals surface area contributed by atoms with Crippen LogP contribution in [0.3, 0.4) is 0 Å². The highest BCUT2D eigenvalue weighted by Crippen LogP contribution is 2.23. The van der Waals surface area contributed by atoms with Crippen molar-refractivity contribution in [2.75, 3.05) is 5.75 Å². The Balaban J connectivity index is 1.48. The number of carbonyl (C=O) groups excluding carboxylic acids is 1. The molecule has 1 amide bonds. The van der Waals surface area contributed by atoms with Crippen LogP contribution in [0.4, 0.5) is 0 Å². The molecule has 0 aliphatic heterocycles. The van der Waals surface area contributed by atoms with Crippen LogP contribution in [0.15, 0.2) is 29.4 Å². The molecule has 1 fully saturated rings. The summed E-state index contributed by atoms with van der Waals surface area (Å²) in [6.07, 6.45) is 7.51. The third kappa shape index (κ3) is 5.10. The molecule has 1 heterocycles. The van der Waals surface area contributed by atoms with E-state index in [0.717, 1.165) is 41.7 Å². The largest absolute Gasteiger partial charge is 0.353 e. The fourth-order valence-corrected chi connectivity index (χ4v) is 4.31. The zero-order chi connectivity index (χ0) is 18.4. The lowest BCUT2D eigenvalue weighted by molar-refractivity contribution is -0.122. The first kappa shape index (κ1) is 19.0. The first-order valence-corrected chi connectivity index (χ1v) is 10.5. The Labute approximate surface area is 160 Å². The molecule has 1 saturated carbocycles. The molecule has 0 bridgehead atoms. The molecule has 0 unspecified atom stereocenters. The van der Waals surface area contributed by atoms with Crippen LogP contribution in [-0.2, 0) is 4.79 Å². The van der Waals surface area contributed by atoms with Gasteiger partial charge >= 0.3 is 0 Å². The molecule has 2 aromatic rings. The van der Waals surface area contributed by atoms with Gasteiger partial charge in [-0.1, -0.05) is 48.7 Å². The number of aromatic nitrogens is 3. The summed E-state index contributed by atoms with van der Waals surface area (Å²) in [6.45, 7) is 4.05. The van der Waals surface area contributed by atoms with Crippen LogP contribution in [0.5, 0.6) is 0 Å². The van der Waals surface area contributed by atoms with Gasteiger partial charge in [0.15, 0.2) is 5.16 Å². The van der Waals surface area contributed by atoms with Crippen LogP contribution in [0.1, 0.15) is 56.3 Å². The molecular formula is C20H28N4OS. The Kier molecular flexibility index (Phi) is 6.72. The highest BCUT2D eigenvalue weighted by atomic mass is 32.2. The van der Waals surface area contributed by atoms with E-state index in [9.17, 15) is 4.79 Å². The maximum absolute atomic E-state index is 12.1. The van der Waals surface area contributed by atoms with E-state index in [1.54, 1.807) is 11.8 Å². The molecule has 1 aliphatic carbocycles. The first-order valence-electron chi connectivity index (χ1n) is 9.55. The van der Waals surface area contributed by atoms with Gasteiger partial charge in [-0.2, -0.15) is 0 Å². The van der Waals surface area contributed by atoms with Gasteiger partial charge in [0.25, 0.3) is 0 Å². The fraction of sp³-hybridized carbons (Fsp3) is 0.550. The van der Waals surface area contributed by atoms with E-state index >= 15 is 0 Å². The Morgan fingerprint density at radius 2 is 1.88 bits per heavy atom. The number of carbonyl (C=O) groups is 1. The van der Waals surface area contributed by atoms with E-state index in [-0.39, 0.29) is 5.91 Å². The van der Waals surface area contributed by atoms with Crippen molar-refractivity contribution in [3.05, 3.63) is 35.7 Å². The monoisotopic (exact) mass is 372 g/mol. The number of nitrogens with zero attached hydrogens (tertiary/aromatic N) is 3. The second kappa shape index (κ2) is 9.21. The second-order valence-electron chi connectivity index (χ2n) is 7.06. The van der Waals surface area contributed by atoms with E-state index < -0.39 is 0 Å². The average Bonchev–Trinajstić information content (AvgIpc) is 3.01.